The van der Waals surface area contributed by atoms with Gasteiger partial charge in [0.15, 0.2) is 0 Å². The third-order valence-electron chi connectivity index (χ3n) is 4.72. The van der Waals surface area contributed by atoms with Crippen LogP contribution in [0.5, 0.6) is 0 Å². The quantitative estimate of drug-likeness (QED) is 0.453. The first-order valence-electron chi connectivity index (χ1n) is 9.79. The van der Waals surface area contributed by atoms with E-state index in [0.29, 0.717) is 23.4 Å². The van der Waals surface area contributed by atoms with Crippen LogP contribution >= 0.6 is 0 Å². The molecule has 0 bridgehead atoms. The minimum absolute atomic E-state index is 0.0417. The summed E-state index contributed by atoms with van der Waals surface area (Å²) in [6.45, 7) is 4.07. The fourth-order valence-electron chi connectivity index (χ4n) is 3.45. The largest absolute Gasteiger partial charge is 0.465 e. The summed E-state index contributed by atoms with van der Waals surface area (Å²) in [6.07, 6.45) is 1.75. The highest BCUT2D eigenvalue weighted by Gasteiger charge is 2.19. The van der Waals surface area contributed by atoms with E-state index in [9.17, 15) is 9.59 Å². The van der Waals surface area contributed by atoms with E-state index in [4.69, 9.17) is 14.6 Å². The summed E-state index contributed by atoms with van der Waals surface area (Å²) in [7, 11) is 0. The zero-order valence-electron chi connectivity index (χ0n) is 16.8. The predicted molar refractivity (Wildman–Crippen MR) is 113 cm³/mol. The lowest BCUT2D eigenvalue weighted by atomic mass is 10.1. The number of carbonyl (C=O) groups is 2. The second-order valence-corrected chi connectivity index (χ2v) is 6.65. The van der Waals surface area contributed by atoms with Gasteiger partial charge in [-0.2, -0.15) is 5.10 Å². The average Bonchev–Trinajstić information content (AvgIpc) is 3.13. The van der Waals surface area contributed by atoms with Crippen molar-refractivity contribution >= 4 is 33.7 Å². The first-order valence-corrected chi connectivity index (χ1v) is 9.79. The molecule has 0 atom stereocenters. The Labute approximate surface area is 173 Å². The van der Waals surface area contributed by atoms with Gasteiger partial charge >= 0.3 is 11.9 Å². The fourth-order valence-corrected chi connectivity index (χ4v) is 3.45. The minimum Gasteiger partial charge on any atom is -0.465 e. The van der Waals surface area contributed by atoms with Gasteiger partial charge in [-0.25, -0.2) is 4.79 Å². The Hall–Kier alpha value is -3.74. The molecule has 30 heavy (non-hydrogen) atoms. The molecule has 2 heterocycles. The van der Waals surface area contributed by atoms with E-state index >= 15 is 0 Å². The fraction of sp³-hybridized carbons (Fsp3) is 0.217. The first kappa shape index (κ1) is 19.6. The molecule has 4 aromatic rings. The molecule has 0 saturated carbocycles. The standard InChI is InChI=1S/C23H21N3O4/c1-3-29-20(27)14-26-22-17-12-16(23(28)30-4-2)10-11-19(17)24-13-18(22)21(25-26)15-8-6-5-7-9-15/h5-13H,3-4,14H2,1-2H3. The van der Waals surface area contributed by atoms with Crippen LogP contribution in [0.15, 0.2) is 54.7 Å². The number of nitrogens with zero attached hydrogens (tertiary/aromatic N) is 3. The first-order chi connectivity index (χ1) is 14.6. The Kier molecular flexibility index (Phi) is 5.43. The zero-order chi connectivity index (χ0) is 21.1. The van der Waals surface area contributed by atoms with Crippen molar-refractivity contribution in [3.63, 3.8) is 0 Å². The molecule has 0 fully saturated rings. The van der Waals surface area contributed by atoms with Crippen molar-refractivity contribution in [1.29, 1.82) is 0 Å². The van der Waals surface area contributed by atoms with E-state index in [1.54, 1.807) is 42.9 Å². The number of hydrogen-bond donors (Lipinski definition) is 0. The molecule has 0 radical (unpaired) electrons. The molecule has 0 amide bonds. The van der Waals surface area contributed by atoms with E-state index in [2.05, 4.69) is 4.98 Å². The zero-order valence-corrected chi connectivity index (χ0v) is 16.8. The number of ether oxygens (including phenoxy) is 2. The summed E-state index contributed by atoms with van der Waals surface area (Å²) in [5.41, 5.74) is 3.46. The summed E-state index contributed by atoms with van der Waals surface area (Å²) in [5.74, 6) is -0.788. The van der Waals surface area contributed by atoms with Crippen LogP contribution in [0, 0.1) is 0 Å². The molecule has 0 aliphatic heterocycles. The smallest absolute Gasteiger partial charge is 0.338 e. The van der Waals surface area contributed by atoms with Crippen molar-refractivity contribution in [3.05, 3.63) is 60.3 Å². The number of aromatic nitrogens is 3. The van der Waals surface area contributed by atoms with Gasteiger partial charge in [-0.3, -0.25) is 14.5 Å². The molecule has 0 N–H and O–H groups in total. The van der Waals surface area contributed by atoms with Gasteiger partial charge in [-0.05, 0) is 32.0 Å². The predicted octanol–water partition coefficient (Wildman–Crippen LogP) is 3.99. The summed E-state index contributed by atoms with van der Waals surface area (Å²) in [5, 5.41) is 6.21. The van der Waals surface area contributed by atoms with Gasteiger partial charge in [-0.1, -0.05) is 30.3 Å². The van der Waals surface area contributed by atoms with E-state index < -0.39 is 5.97 Å². The Morgan fingerprint density at radius 3 is 2.47 bits per heavy atom. The molecule has 0 spiro atoms. The number of fused-ring (bicyclic) bond motifs is 3. The minimum atomic E-state index is -0.406. The second kappa shape index (κ2) is 8.32. The van der Waals surface area contributed by atoms with Crippen molar-refractivity contribution in [2.75, 3.05) is 13.2 Å². The van der Waals surface area contributed by atoms with Gasteiger partial charge in [-0.15, -0.1) is 0 Å². The third-order valence-corrected chi connectivity index (χ3v) is 4.72. The topological polar surface area (TPSA) is 83.3 Å². The summed E-state index contributed by atoms with van der Waals surface area (Å²) in [6, 6.07) is 14.9. The maximum Gasteiger partial charge on any atom is 0.338 e. The molecule has 152 valence electrons. The van der Waals surface area contributed by atoms with Crippen LogP contribution in [0.3, 0.4) is 0 Å². The highest BCUT2D eigenvalue weighted by Crippen LogP contribution is 2.32. The van der Waals surface area contributed by atoms with Gasteiger partial charge in [0, 0.05) is 22.5 Å². The van der Waals surface area contributed by atoms with Crippen LogP contribution in [0.1, 0.15) is 24.2 Å². The van der Waals surface area contributed by atoms with Crippen LogP contribution in [-0.4, -0.2) is 39.9 Å². The lowest BCUT2D eigenvalue weighted by molar-refractivity contribution is -0.143. The van der Waals surface area contributed by atoms with E-state index in [1.807, 2.05) is 30.3 Å². The molecule has 0 aliphatic rings. The Balaban J connectivity index is 1.97. The number of carbonyl (C=O) groups excluding carboxylic acids is 2. The van der Waals surface area contributed by atoms with Crippen molar-refractivity contribution in [2.24, 2.45) is 0 Å². The molecule has 0 saturated heterocycles. The molecule has 4 rings (SSSR count). The molecule has 7 nitrogen and oxygen atoms in total. The highest BCUT2D eigenvalue weighted by molar-refractivity contribution is 6.10. The number of hydrogen-bond acceptors (Lipinski definition) is 6. The lowest BCUT2D eigenvalue weighted by Gasteiger charge is -2.07. The molecule has 0 unspecified atom stereocenters. The molecule has 2 aromatic heterocycles. The number of rotatable bonds is 6. The normalized spacial score (nSPS) is 11.0. The lowest BCUT2D eigenvalue weighted by Crippen LogP contribution is -2.14. The summed E-state index contributed by atoms with van der Waals surface area (Å²) in [4.78, 5) is 29.0. The Morgan fingerprint density at radius 2 is 1.73 bits per heavy atom. The number of benzene rings is 2. The molecule has 2 aromatic carbocycles. The number of pyridine rings is 1. The van der Waals surface area contributed by atoms with Gasteiger partial charge in [0.25, 0.3) is 0 Å². The van der Waals surface area contributed by atoms with Gasteiger partial charge in [0.05, 0.1) is 29.8 Å². The third kappa shape index (κ3) is 3.61. The monoisotopic (exact) mass is 403 g/mol. The van der Waals surface area contributed by atoms with Crippen molar-refractivity contribution < 1.29 is 19.1 Å². The van der Waals surface area contributed by atoms with E-state index in [-0.39, 0.29) is 19.1 Å². The Bertz CT molecular complexity index is 1230. The average molecular weight is 403 g/mol. The highest BCUT2D eigenvalue weighted by atomic mass is 16.5. The molecule has 0 aliphatic carbocycles. The van der Waals surface area contributed by atoms with Crippen LogP contribution in [0.2, 0.25) is 0 Å². The molecular formula is C23H21N3O4. The van der Waals surface area contributed by atoms with Crippen LogP contribution < -0.4 is 0 Å². The second-order valence-electron chi connectivity index (χ2n) is 6.65. The Morgan fingerprint density at radius 1 is 0.967 bits per heavy atom. The van der Waals surface area contributed by atoms with Gasteiger partial charge in [0.1, 0.15) is 12.2 Å². The van der Waals surface area contributed by atoms with Crippen molar-refractivity contribution in [2.45, 2.75) is 20.4 Å². The summed E-state index contributed by atoms with van der Waals surface area (Å²) < 4.78 is 11.9. The van der Waals surface area contributed by atoms with E-state index in [0.717, 1.165) is 21.9 Å². The van der Waals surface area contributed by atoms with Crippen molar-refractivity contribution in [1.82, 2.24) is 14.8 Å². The van der Waals surface area contributed by atoms with Crippen LogP contribution in [0.4, 0.5) is 0 Å². The van der Waals surface area contributed by atoms with E-state index in [1.165, 1.54) is 0 Å². The molecular weight excluding hydrogens is 382 g/mol. The van der Waals surface area contributed by atoms with Crippen LogP contribution in [0.25, 0.3) is 33.1 Å². The van der Waals surface area contributed by atoms with Gasteiger partial charge < -0.3 is 9.47 Å². The maximum atomic E-state index is 12.3. The summed E-state index contributed by atoms with van der Waals surface area (Å²) >= 11 is 0. The van der Waals surface area contributed by atoms with Gasteiger partial charge in [0.2, 0.25) is 0 Å². The maximum absolute atomic E-state index is 12.3. The molecule has 7 heteroatoms. The number of esters is 2. The SMILES string of the molecule is CCOC(=O)Cn1nc(-c2ccccc2)c2cnc3ccc(C(=O)OCC)cc3c21. The van der Waals surface area contributed by atoms with Crippen molar-refractivity contribution in [3.8, 4) is 11.3 Å². The van der Waals surface area contributed by atoms with Crippen LogP contribution in [-0.2, 0) is 20.8 Å².